The summed E-state index contributed by atoms with van der Waals surface area (Å²) in [6.45, 7) is 2.84. The van der Waals surface area contributed by atoms with Gasteiger partial charge < -0.3 is 4.74 Å². The van der Waals surface area contributed by atoms with Crippen molar-refractivity contribution in [2.45, 2.75) is 19.2 Å². The van der Waals surface area contributed by atoms with E-state index in [0.717, 1.165) is 0 Å². The second-order valence-electron chi connectivity index (χ2n) is 2.01. The van der Waals surface area contributed by atoms with E-state index in [-0.39, 0.29) is 0 Å². The maximum atomic E-state index is 5.15. The average Bonchev–Trinajstić information content (AvgIpc) is 2.26. The Kier molecular flexibility index (Phi) is 0.543. The number of nitrogens with zero attached hydrogens (tertiary/aromatic N) is 1. The van der Waals surface area contributed by atoms with Crippen molar-refractivity contribution in [1.29, 1.82) is 0 Å². The van der Waals surface area contributed by atoms with E-state index in [4.69, 9.17) is 4.74 Å². The van der Waals surface area contributed by atoms with Crippen LogP contribution in [0.3, 0.4) is 0 Å². The van der Waals surface area contributed by atoms with Crippen LogP contribution < -0.4 is 5.43 Å². The van der Waals surface area contributed by atoms with Crippen LogP contribution in [0.4, 0.5) is 0 Å². The molecule has 1 N–H and O–H groups in total. The molecule has 2 aliphatic heterocycles. The summed E-state index contributed by atoms with van der Waals surface area (Å²) in [6, 6.07) is 0.619. The molecule has 0 radical (unpaired) electrons. The van der Waals surface area contributed by atoms with E-state index in [1.54, 1.807) is 0 Å². The summed E-state index contributed by atoms with van der Waals surface area (Å²) in [5, 5.41) is 2.10. The first kappa shape index (κ1) is 3.83. The Morgan fingerprint density at radius 2 is 2.71 bits per heavy atom. The van der Waals surface area contributed by atoms with Gasteiger partial charge in [-0.25, -0.2) is 10.4 Å². The minimum atomic E-state index is 0.403. The highest BCUT2D eigenvalue weighted by molar-refractivity contribution is 4.91. The molecule has 0 amide bonds. The first-order chi connectivity index (χ1) is 3.39. The Labute approximate surface area is 42.2 Å². The number of ether oxygens (including phenoxy) is 1. The van der Waals surface area contributed by atoms with Crippen molar-refractivity contribution in [2.75, 3.05) is 6.73 Å². The molecule has 0 aromatic rings. The summed E-state index contributed by atoms with van der Waals surface area (Å²) in [4.78, 5) is 0. The Hall–Kier alpha value is -0.120. The quantitative estimate of drug-likeness (QED) is 0.416. The van der Waals surface area contributed by atoms with Gasteiger partial charge >= 0.3 is 0 Å². The topological polar surface area (TPSA) is 24.3 Å². The van der Waals surface area contributed by atoms with Crippen molar-refractivity contribution in [3.05, 3.63) is 0 Å². The second-order valence-corrected chi connectivity index (χ2v) is 2.01. The fourth-order valence-corrected chi connectivity index (χ4v) is 0.971. The van der Waals surface area contributed by atoms with Crippen LogP contribution in [0.25, 0.3) is 0 Å². The van der Waals surface area contributed by atoms with Crippen LogP contribution in [-0.4, -0.2) is 24.0 Å². The van der Waals surface area contributed by atoms with E-state index < -0.39 is 0 Å². The van der Waals surface area contributed by atoms with Crippen LogP contribution in [0.2, 0.25) is 0 Å². The zero-order valence-corrected chi connectivity index (χ0v) is 4.22. The van der Waals surface area contributed by atoms with Gasteiger partial charge in [-0.15, -0.1) is 0 Å². The van der Waals surface area contributed by atoms with Crippen molar-refractivity contribution < 1.29 is 4.74 Å². The smallest absolute Gasteiger partial charge is 0.142 e. The van der Waals surface area contributed by atoms with Gasteiger partial charge in [0.1, 0.15) is 13.0 Å². The van der Waals surface area contributed by atoms with Gasteiger partial charge in [-0.2, -0.15) is 0 Å². The van der Waals surface area contributed by atoms with Crippen LogP contribution in [0, 0.1) is 0 Å². The zero-order valence-electron chi connectivity index (χ0n) is 4.22. The predicted octanol–water partition coefficient (Wildman–Crippen LogP) is -0.491. The number of hydrogen-bond donors (Lipinski definition) is 1. The molecule has 7 heavy (non-hydrogen) atoms. The maximum Gasteiger partial charge on any atom is 0.142 e. The molecule has 2 saturated heterocycles. The first-order valence-electron chi connectivity index (χ1n) is 2.53. The first-order valence-corrected chi connectivity index (χ1v) is 2.53. The third-order valence-corrected chi connectivity index (χ3v) is 1.54. The van der Waals surface area contributed by atoms with Gasteiger partial charge in [-0.05, 0) is 6.92 Å². The van der Waals surface area contributed by atoms with Gasteiger partial charge in [0.25, 0.3) is 0 Å². The fraction of sp³-hybridized carbons (Fsp3) is 1.00. The molecule has 2 aliphatic rings. The highest BCUT2D eigenvalue weighted by Crippen LogP contribution is 2.28. The number of rotatable bonds is 0. The molecule has 3 unspecified atom stereocenters. The molecule has 0 aliphatic carbocycles. The largest absolute Gasteiger partial charge is 0.344 e. The lowest BCUT2D eigenvalue weighted by Gasteiger charge is -1.93. The molecule has 0 aromatic heterocycles. The number of nitrogens with one attached hydrogen (secondary N) is 1. The normalized spacial score (nSPS) is 57.0. The summed E-state index contributed by atoms with van der Waals surface area (Å²) in [7, 11) is 0. The third kappa shape index (κ3) is 0.351. The molecular weight excluding hydrogens is 92.1 g/mol. The molecule has 40 valence electrons. The molecule has 3 nitrogen and oxygen atoms in total. The van der Waals surface area contributed by atoms with Gasteiger partial charge in [0.15, 0.2) is 0 Å². The molecule has 0 spiro atoms. The van der Waals surface area contributed by atoms with Gasteiger partial charge in [-0.3, -0.25) is 0 Å². The lowest BCUT2D eigenvalue weighted by atomic mass is 10.5. The van der Waals surface area contributed by atoms with Gasteiger partial charge in [0.05, 0.1) is 6.04 Å². The van der Waals surface area contributed by atoms with Gasteiger partial charge in [0, 0.05) is 0 Å². The predicted molar refractivity (Wildman–Crippen MR) is 24.2 cm³/mol. The highest BCUT2D eigenvalue weighted by atomic mass is 16.6. The van der Waals surface area contributed by atoms with Gasteiger partial charge in [0.2, 0.25) is 0 Å². The summed E-state index contributed by atoms with van der Waals surface area (Å²) >= 11 is 0. The number of hydrogen-bond acceptors (Lipinski definition) is 3. The summed E-state index contributed by atoms with van der Waals surface area (Å²) in [5.41, 5.74) is 3.05. The van der Waals surface area contributed by atoms with Crippen LogP contribution in [0.15, 0.2) is 0 Å². The second kappa shape index (κ2) is 0.992. The number of hydrazine groups is 1. The SMILES string of the molecule is CC1C2OCNN12. The Bertz CT molecular complexity index is 85.7. The van der Waals surface area contributed by atoms with Crippen molar-refractivity contribution in [3.8, 4) is 0 Å². The molecule has 0 bridgehead atoms. The molecule has 2 rings (SSSR count). The summed E-state index contributed by atoms with van der Waals surface area (Å²) in [5.74, 6) is 0. The van der Waals surface area contributed by atoms with E-state index in [1.165, 1.54) is 0 Å². The minimum Gasteiger partial charge on any atom is -0.344 e. The van der Waals surface area contributed by atoms with Crippen LogP contribution in [-0.2, 0) is 4.74 Å². The summed E-state index contributed by atoms with van der Waals surface area (Å²) < 4.78 is 5.15. The monoisotopic (exact) mass is 100 g/mol. The van der Waals surface area contributed by atoms with Crippen molar-refractivity contribution in [1.82, 2.24) is 10.4 Å². The van der Waals surface area contributed by atoms with E-state index in [1.807, 2.05) is 0 Å². The fourth-order valence-electron chi connectivity index (χ4n) is 0.971. The lowest BCUT2D eigenvalue weighted by molar-refractivity contribution is 0.143. The standard InChI is InChI=1S/C4H8N2O/c1-3-4-6(3)5-2-7-4/h3-5H,2H2,1H3. The van der Waals surface area contributed by atoms with Crippen LogP contribution in [0.5, 0.6) is 0 Å². The zero-order chi connectivity index (χ0) is 4.85. The van der Waals surface area contributed by atoms with E-state index >= 15 is 0 Å². The molecule has 0 aromatic carbocycles. The molecule has 0 saturated carbocycles. The Morgan fingerprint density at radius 1 is 1.86 bits per heavy atom. The summed E-state index contributed by atoms with van der Waals surface area (Å²) in [6.07, 6.45) is 0.403. The number of fused-ring (bicyclic) bond motifs is 1. The molecule has 2 heterocycles. The van der Waals surface area contributed by atoms with Gasteiger partial charge in [-0.1, -0.05) is 0 Å². The molecule has 2 fully saturated rings. The Morgan fingerprint density at radius 3 is 3.00 bits per heavy atom. The van der Waals surface area contributed by atoms with Crippen LogP contribution in [0.1, 0.15) is 6.92 Å². The Balaban J connectivity index is 2.06. The third-order valence-electron chi connectivity index (χ3n) is 1.54. The molecule has 3 heteroatoms. The van der Waals surface area contributed by atoms with Crippen LogP contribution >= 0.6 is 0 Å². The van der Waals surface area contributed by atoms with E-state index in [2.05, 4.69) is 17.4 Å². The molecular formula is C4H8N2O. The average molecular weight is 100 g/mol. The van der Waals surface area contributed by atoms with Crippen molar-refractivity contribution in [3.63, 3.8) is 0 Å². The van der Waals surface area contributed by atoms with Crippen molar-refractivity contribution in [2.24, 2.45) is 0 Å². The maximum absolute atomic E-state index is 5.15. The lowest BCUT2D eigenvalue weighted by Crippen LogP contribution is -2.19. The van der Waals surface area contributed by atoms with Crippen molar-refractivity contribution >= 4 is 0 Å². The molecule has 3 atom stereocenters. The van der Waals surface area contributed by atoms with E-state index in [0.29, 0.717) is 19.0 Å². The minimum absolute atomic E-state index is 0.403. The van der Waals surface area contributed by atoms with E-state index in [9.17, 15) is 0 Å². The highest BCUT2D eigenvalue weighted by Gasteiger charge is 2.49.